The van der Waals surface area contributed by atoms with Gasteiger partial charge in [0.2, 0.25) is 11.8 Å². The first-order valence-electron chi connectivity index (χ1n) is 5.55. The molecule has 2 unspecified atom stereocenters. The number of anilines is 1. The third-order valence-electron chi connectivity index (χ3n) is 3.29. The summed E-state index contributed by atoms with van der Waals surface area (Å²) in [7, 11) is 0. The first kappa shape index (κ1) is 12.8. The van der Waals surface area contributed by atoms with Crippen LogP contribution >= 0.6 is 15.9 Å². The maximum atomic E-state index is 12.1. The number of halogens is 1. The molecule has 18 heavy (non-hydrogen) atoms. The second kappa shape index (κ2) is 4.54. The number of nitriles is 1. The molecule has 1 saturated heterocycles. The molecule has 0 saturated carbocycles. The number of hydrogen-bond donors (Lipinski definition) is 0. The van der Waals surface area contributed by atoms with Gasteiger partial charge in [0, 0.05) is 16.3 Å². The Labute approximate surface area is 113 Å². The zero-order valence-corrected chi connectivity index (χ0v) is 11.6. The highest BCUT2D eigenvalue weighted by Crippen LogP contribution is 2.33. The average molecular weight is 307 g/mol. The second-order valence-electron chi connectivity index (χ2n) is 4.36. The smallest absolute Gasteiger partial charge is 0.237 e. The van der Waals surface area contributed by atoms with Gasteiger partial charge < -0.3 is 0 Å². The maximum absolute atomic E-state index is 12.1. The average Bonchev–Trinajstić information content (AvgIpc) is 2.54. The van der Waals surface area contributed by atoms with Crippen molar-refractivity contribution in [1.82, 2.24) is 0 Å². The standard InChI is InChI=1S/C13H11BrN2O2/c1-7-8(2)13(18)16(12(7)17)11-5-10(14)4-3-9(11)6-15/h3-5,7-8H,1-2H3. The number of amides is 2. The number of carbonyl (C=O) groups excluding carboxylic acids is 2. The fourth-order valence-corrected chi connectivity index (χ4v) is 2.31. The van der Waals surface area contributed by atoms with Crippen LogP contribution in [0.2, 0.25) is 0 Å². The van der Waals surface area contributed by atoms with Crippen molar-refractivity contribution in [2.45, 2.75) is 13.8 Å². The van der Waals surface area contributed by atoms with Crippen LogP contribution in [-0.4, -0.2) is 11.8 Å². The van der Waals surface area contributed by atoms with Crippen LogP contribution in [0.5, 0.6) is 0 Å². The van der Waals surface area contributed by atoms with E-state index in [0.29, 0.717) is 11.3 Å². The molecule has 4 nitrogen and oxygen atoms in total. The molecule has 1 aromatic carbocycles. The van der Waals surface area contributed by atoms with E-state index in [-0.39, 0.29) is 23.7 Å². The van der Waals surface area contributed by atoms with Crippen molar-refractivity contribution in [3.05, 3.63) is 28.2 Å². The molecule has 2 amide bonds. The zero-order chi connectivity index (χ0) is 13.4. The van der Waals surface area contributed by atoms with Gasteiger partial charge in [-0.05, 0) is 18.2 Å². The molecule has 0 aliphatic carbocycles. The highest BCUT2D eigenvalue weighted by Gasteiger charge is 2.43. The molecule has 0 N–H and O–H groups in total. The van der Waals surface area contributed by atoms with E-state index in [1.54, 1.807) is 32.0 Å². The summed E-state index contributed by atoms with van der Waals surface area (Å²) in [6.45, 7) is 3.46. The third kappa shape index (κ3) is 1.83. The predicted octanol–water partition coefficient (Wildman–Crippen LogP) is 2.47. The summed E-state index contributed by atoms with van der Waals surface area (Å²) in [5.41, 5.74) is 0.680. The summed E-state index contributed by atoms with van der Waals surface area (Å²) < 4.78 is 0.726. The molecule has 1 aliphatic rings. The molecule has 0 spiro atoms. The minimum absolute atomic E-state index is 0.248. The lowest BCUT2D eigenvalue weighted by Gasteiger charge is -2.16. The molecule has 0 aromatic heterocycles. The topological polar surface area (TPSA) is 61.2 Å². The van der Waals surface area contributed by atoms with E-state index in [0.717, 1.165) is 9.37 Å². The van der Waals surface area contributed by atoms with E-state index in [4.69, 9.17) is 5.26 Å². The number of imide groups is 1. The molecule has 2 rings (SSSR count). The lowest BCUT2D eigenvalue weighted by atomic mass is 10.00. The first-order valence-corrected chi connectivity index (χ1v) is 6.34. The van der Waals surface area contributed by atoms with Crippen LogP contribution in [0, 0.1) is 23.2 Å². The summed E-state index contributed by atoms with van der Waals surface area (Å²) in [6, 6.07) is 6.93. The largest absolute Gasteiger partial charge is 0.274 e. The van der Waals surface area contributed by atoms with Crippen LogP contribution in [0.25, 0.3) is 0 Å². The Bertz CT molecular complexity index is 557. The van der Waals surface area contributed by atoms with Gasteiger partial charge in [-0.1, -0.05) is 29.8 Å². The van der Waals surface area contributed by atoms with Crippen molar-refractivity contribution in [3.8, 4) is 6.07 Å². The Morgan fingerprint density at radius 2 is 1.78 bits per heavy atom. The monoisotopic (exact) mass is 306 g/mol. The van der Waals surface area contributed by atoms with E-state index < -0.39 is 0 Å². The number of rotatable bonds is 1. The minimum atomic E-state index is -0.344. The minimum Gasteiger partial charge on any atom is -0.274 e. The zero-order valence-electron chi connectivity index (χ0n) is 9.98. The Hall–Kier alpha value is -1.67. The van der Waals surface area contributed by atoms with E-state index in [1.165, 1.54) is 0 Å². The Morgan fingerprint density at radius 1 is 1.22 bits per heavy atom. The molecule has 92 valence electrons. The molecule has 0 bridgehead atoms. The Morgan fingerprint density at radius 3 is 2.28 bits per heavy atom. The van der Waals surface area contributed by atoms with Crippen molar-refractivity contribution >= 4 is 33.4 Å². The number of benzene rings is 1. The molecule has 1 fully saturated rings. The Kier molecular flexibility index (Phi) is 3.22. The number of carbonyl (C=O) groups is 2. The summed E-state index contributed by atoms with van der Waals surface area (Å²) >= 11 is 3.28. The van der Waals surface area contributed by atoms with E-state index in [9.17, 15) is 9.59 Å². The second-order valence-corrected chi connectivity index (χ2v) is 5.28. The van der Waals surface area contributed by atoms with Crippen molar-refractivity contribution in [2.75, 3.05) is 4.90 Å². The van der Waals surface area contributed by atoms with Gasteiger partial charge in [-0.25, -0.2) is 4.90 Å². The van der Waals surface area contributed by atoms with E-state index in [2.05, 4.69) is 15.9 Å². The van der Waals surface area contributed by atoms with Crippen molar-refractivity contribution in [1.29, 1.82) is 5.26 Å². The highest BCUT2D eigenvalue weighted by molar-refractivity contribution is 9.10. The molecule has 1 aliphatic heterocycles. The molecule has 1 heterocycles. The fraction of sp³-hybridized carbons (Fsp3) is 0.308. The van der Waals surface area contributed by atoms with Crippen LogP contribution in [0.3, 0.4) is 0 Å². The van der Waals surface area contributed by atoms with Crippen molar-refractivity contribution in [2.24, 2.45) is 11.8 Å². The number of nitrogens with zero attached hydrogens (tertiary/aromatic N) is 2. The highest BCUT2D eigenvalue weighted by atomic mass is 79.9. The van der Waals surface area contributed by atoms with Gasteiger partial charge in [0.1, 0.15) is 6.07 Å². The van der Waals surface area contributed by atoms with Gasteiger partial charge in [-0.3, -0.25) is 9.59 Å². The van der Waals surface area contributed by atoms with Gasteiger partial charge >= 0.3 is 0 Å². The summed E-state index contributed by atoms with van der Waals surface area (Å²) in [5, 5.41) is 9.06. The molecule has 2 atom stereocenters. The van der Waals surface area contributed by atoms with E-state index in [1.807, 2.05) is 6.07 Å². The van der Waals surface area contributed by atoms with Crippen LogP contribution in [-0.2, 0) is 9.59 Å². The van der Waals surface area contributed by atoms with Crippen molar-refractivity contribution in [3.63, 3.8) is 0 Å². The van der Waals surface area contributed by atoms with Gasteiger partial charge in [0.25, 0.3) is 0 Å². The fourth-order valence-electron chi connectivity index (χ4n) is 1.97. The molecule has 5 heteroatoms. The van der Waals surface area contributed by atoms with Gasteiger partial charge in [-0.15, -0.1) is 0 Å². The molecule has 1 aromatic rings. The van der Waals surface area contributed by atoms with Gasteiger partial charge in [0.15, 0.2) is 0 Å². The van der Waals surface area contributed by atoms with Crippen LogP contribution < -0.4 is 4.90 Å². The van der Waals surface area contributed by atoms with Gasteiger partial charge in [-0.2, -0.15) is 5.26 Å². The quantitative estimate of drug-likeness (QED) is 0.749. The summed E-state index contributed by atoms with van der Waals surface area (Å²) in [6.07, 6.45) is 0. The lowest BCUT2D eigenvalue weighted by Crippen LogP contribution is -2.31. The normalized spacial score (nSPS) is 23.3. The van der Waals surface area contributed by atoms with Gasteiger partial charge in [0.05, 0.1) is 11.3 Å². The van der Waals surface area contributed by atoms with E-state index >= 15 is 0 Å². The lowest BCUT2D eigenvalue weighted by molar-refractivity contribution is -0.122. The maximum Gasteiger partial charge on any atom is 0.237 e. The number of hydrogen-bond acceptors (Lipinski definition) is 3. The molecular weight excluding hydrogens is 296 g/mol. The summed E-state index contributed by atoms with van der Waals surface area (Å²) in [4.78, 5) is 25.3. The molecular formula is C13H11BrN2O2. The van der Waals surface area contributed by atoms with Crippen LogP contribution in [0.15, 0.2) is 22.7 Å². The summed E-state index contributed by atoms with van der Waals surface area (Å²) in [5.74, 6) is -1.18. The Balaban J connectivity index is 2.56. The van der Waals surface area contributed by atoms with Crippen LogP contribution in [0.4, 0.5) is 5.69 Å². The molecule has 0 radical (unpaired) electrons. The van der Waals surface area contributed by atoms with Crippen LogP contribution in [0.1, 0.15) is 19.4 Å². The SMILES string of the molecule is CC1C(=O)N(c2cc(Br)ccc2C#N)C(=O)C1C. The first-order chi connectivity index (χ1) is 8.47. The third-order valence-corrected chi connectivity index (χ3v) is 3.78. The predicted molar refractivity (Wildman–Crippen MR) is 69.7 cm³/mol. The van der Waals surface area contributed by atoms with Crippen molar-refractivity contribution < 1.29 is 9.59 Å².